The number of halogens is 1. The van der Waals surface area contributed by atoms with E-state index in [1.807, 2.05) is 0 Å². The summed E-state index contributed by atoms with van der Waals surface area (Å²) in [7, 11) is 1.68. The van der Waals surface area contributed by atoms with Crippen molar-refractivity contribution in [1.29, 1.82) is 0 Å². The Hall–Kier alpha value is -0.780. The molecule has 2 rings (SSSR count). The quantitative estimate of drug-likeness (QED) is 0.850. The number of methoxy groups -OCH3 is 1. The fraction of sp³-hybridized carbons (Fsp3) is 0.625. The lowest BCUT2D eigenvalue weighted by Crippen LogP contribution is -2.28. The van der Waals surface area contributed by atoms with Crippen molar-refractivity contribution in [2.75, 3.05) is 26.8 Å². The summed E-state index contributed by atoms with van der Waals surface area (Å²) in [4.78, 5) is 2.39. The van der Waals surface area contributed by atoms with Gasteiger partial charge in [0.05, 0.1) is 18.2 Å². The van der Waals surface area contributed by atoms with Crippen LogP contribution in [0.5, 0.6) is 11.5 Å². The molecule has 1 aromatic carbocycles. The molecule has 1 saturated heterocycles. The Morgan fingerprint density at radius 2 is 2.14 bits per heavy atom. The summed E-state index contributed by atoms with van der Waals surface area (Å²) in [6, 6.07) is 4.45. The minimum absolute atomic E-state index is 0.280. The van der Waals surface area contributed by atoms with E-state index in [1.54, 1.807) is 7.11 Å². The van der Waals surface area contributed by atoms with E-state index in [4.69, 9.17) is 15.2 Å². The molecule has 5 heteroatoms. The lowest BCUT2D eigenvalue weighted by atomic mass is 10.1. The number of nitrogens with two attached hydrogens (primary N) is 1. The minimum atomic E-state index is 0.280. The highest BCUT2D eigenvalue weighted by Gasteiger charge is 2.26. The molecule has 1 fully saturated rings. The Labute approximate surface area is 135 Å². The predicted molar refractivity (Wildman–Crippen MR) is 88.9 cm³/mol. The zero-order valence-corrected chi connectivity index (χ0v) is 14.6. The van der Waals surface area contributed by atoms with E-state index in [-0.39, 0.29) is 6.04 Å². The van der Waals surface area contributed by atoms with Gasteiger partial charge in [-0.25, -0.2) is 0 Å². The van der Waals surface area contributed by atoms with E-state index in [1.165, 1.54) is 5.56 Å². The number of nitrogens with zero attached hydrogens (tertiary/aromatic N) is 1. The molecule has 0 aromatic heterocycles. The van der Waals surface area contributed by atoms with Gasteiger partial charge >= 0.3 is 0 Å². The maximum atomic E-state index is 6.09. The van der Waals surface area contributed by atoms with Gasteiger partial charge in [-0.2, -0.15) is 0 Å². The summed E-state index contributed by atoms with van der Waals surface area (Å²) in [5.41, 5.74) is 7.30. The molecule has 0 saturated carbocycles. The SMILES string of the molecule is CCCOc1c(Br)cc(CN2CC(C)C(N)C2)cc1OC. The normalized spacial score (nSPS) is 22.5. The maximum absolute atomic E-state index is 6.09. The fourth-order valence-electron chi connectivity index (χ4n) is 2.69. The summed E-state index contributed by atoms with van der Waals surface area (Å²) >= 11 is 3.59. The number of hydrogen-bond donors (Lipinski definition) is 1. The first-order chi connectivity index (χ1) is 10.0. The van der Waals surface area contributed by atoms with Gasteiger partial charge in [-0.05, 0) is 46.0 Å². The zero-order chi connectivity index (χ0) is 15.4. The predicted octanol–water partition coefficient (Wildman–Crippen LogP) is 3.03. The molecule has 118 valence electrons. The first-order valence-electron chi connectivity index (χ1n) is 7.52. The van der Waals surface area contributed by atoms with Gasteiger partial charge in [0.2, 0.25) is 0 Å². The monoisotopic (exact) mass is 356 g/mol. The Morgan fingerprint density at radius 3 is 2.71 bits per heavy atom. The van der Waals surface area contributed by atoms with Crippen LogP contribution in [0, 0.1) is 5.92 Å². The first-order valence-corrected chi connectivity index (χ1v) is 8.31. The molecule has 4 nitrogen and oxygen atoms in total. The van der Waals surface area contributed by atoms with E-state index < -0.39 is 0 Å². The van der Waals surface area contributed by atoms with Gasteiger partial charge in [0, 0.05) is 25.7 Å². The molecule has 21 heavy (non-hydrogen) atoms. The molecule has 0 radical (unpaired) electrons. The molecule has 2 N–H and O–H groups in total. The van der Waals surface area contributed by atoms with E-state index in [2.05, 4.69) is 46.8 Å². The number of benzene rings is 1. The zero-order valence-electron chi connectivity index (χ0n) is 13.1. The van der Waals surface area contributed by atoms with E-state index >= 15 is 0 Å². The van der Waals surface area contributed by atoms with Gasteiger partial charge < -0.3 is 15.2 Å². The number of rotatable bonds is 6. The van der Waals surface area contributed by atoms with Gasteiger partial charge in [0.15, 0.2) is 11.5 Å². The van der Waals surface area contributed by atoms with Gasteiger partial charge in [0.1, 0.15) is 0 Å². The van der Waals surface area contributed by atoms with Crippen molar-refractivity contribution in [3.8, 4) is 11.5 Å². The average Bonchev–Trinajstić information content (AvgIpc) is 2.75. The van der Waals surface area contributed by atoms with Crippen LogP contribution in [-0.2, 0) is 6.54 Å². The maximum Gasteiger partial charge on any atom is 0.175 e. The van der Waals surface area contributed by atoms with Crippen molar-refractivity contribution in [3.05, 3.63) is 22.2 Å². The van der Waals surface area contributed by atoms with Crippen molar-refractivity contribution in [2.24, 2.45) is 11.7 Å². The summed E-state index contributed by atoms with van der Waals surface area (Å²) in [5.74, 6) is 2.13. The van der Waals surface area contributed by atoms with Crippen LogP contribution >= 0.6 is 15.9 Å². The van der Waals surface area contributed by atoms with E-state index in [0.29, 0.717) is 12.5 Å². The Balaban J connectivity index is 2.12. The summed E-state index contributed by atoms with van der Waals surface area (Å²) < 4.78 is 12.2. The molecule has 1 aromatic rings. The summed E-state index contributed by atoms with van der Waals surface area (Å²) in [6.07, 6.45) is 0.973. The largest absolute Gasteiger partial charge is 0.493 e. The molecule has 2 unspecified atom stereocenters. The Morgan fingerprint density at radius 1 is 1.38 bits per heavy atom. The lowest BCUT2D eigenvalue weighted by Gasteiger charge is -2.18. The van der Waals surface area contributed by atoms with Crippen LogP contribution in [-0.4, -0.2) is 37.7 Å². The number of hydrogen-bond acceptors (Lipinski definition) is 4. The molecule has 0 aliphatic carbocycles. The van der Waals surface area contributed by atoms with Gasteiger partial charge in [-0.1, -0.05) is 13.8 Å². The lowest BCUT2D eigenvalue weighted by molar-refractivity contribution is 0.290. The molecule has 1 aliphatic heterocycles. The van der Waals surface area contributed by atoms with Crippen molar-refractivity contribution in [1.82, 2.24) is 4.90 Å². The van der Waals surface area contributed by atoms with Gasteiger partial charge in [0.25, 0.3) is 0 Å². The number of likely N-dealkylation sites (tertiary alicyclic amines) is 1. The van der Waals surface area contributed by atoms with Crippen LogP contribution in [0.25, 0.3) is 0 Å². The standard InChI is InChI=1S/C16H25BrN2O2/c1-4-5-21-16-13(17)6-12(7-15(16)20-3)9-19-8-11(2)14(18)10-19/h6-7,11,14H,4-5,8-10,18H2,1-3H3. The third-order valence-electron chi connectivity index (χ3n) is 3.89. The van der Waals surface area contributed by atoms with E-state index in [9.17, 15) is 0 Å². The molecule has 1 aliphatic rings. The third kappa shape index (κ3) is 4.11. The highest BCUT2D eigenvalue weighted by atomic mass is 79.9. The second-order valence-corrected chi connectivity index (χ2v) is 6.65. The van der Waals surface area contributed by atoms with Crippen LogP contribution in [0.1, 0.15) is 25.8 Å². The topological polar surface area (TPSA) is 47.7 Å². The minimum Gasteiger partial charge on any atom is -0.493 e. The van der Waals surface area contributed by atoms with Crippen molar-refractivity contribution in [3.63, 3.8) is 0 Å². The van der Waals surface area contributed by atoms with Crippen molar-refractivity contribution >= 4 is 15.9 Å². The average molecular weight is 357 g/mol. The third-order valence-corrected chi connectivity index (χ3v) is 4.48. The smallest absolute Gasteiger partial charge is 0.175 e. The molecule has 0 amide bonds. The van der Waals surface area contributed by atoms with Crippen molar-refractivity contribution < 1.29 is 9.47 Å². The molecule has 0 spiro atoms. The highest BCUT2D eigenvalue weighted by Crippen LogP contribution is 2.37. The van der Waals surface area contributed by atoms with Crippen LogP contribution in [0.2, 0.25) is 0 Å². The first kappa shape index (κ1) is 16.6. The molecular weight excluding hydrogens is 332 g/mol. The molecular formula is C16H25BrN2O2. The fourth-order valence-corrected chi connectivity index (χ4v) is 3.30. The summed E-state index contributed by atoms with van der Waals surface area (Å²) in [5, 5.41) is 0. The van der Waals surface area contributed by atoms with Crippen LogP contribution in [0.4, 0.5) is 0 Å². The van der Waals surface area contributed by atoms with Crippen LogP contribution in [0.3, 0.4) is 0 Å². The van der Waals surface area contributed by atoms with Gasteiger partial charge in [-0.15, -0.1) is 0 Å². The molecule has 2 atom stereocenters. The summed E-state index contributed by atoms with van der Waals surface area (Å²) in [6.45, 7) is 7.88. The van der Waals surface area contributed by atoms with Crippen molar-refractivity contribution in [2.45, 2.75) is 32.9 Å². The number of ether oxygens (including phenoxy) is 2. The van der Waals surface area contributed by atoms with Crippen LogP contribution in [0.15, 0.2) is 16.6 Å². The molecule has 0 bridgehead atoms. The second kappa shape index (κ2) is 7.47. The Kier molecular flexibility index (Phi) is 5.90. The highest BCUT2D eigenvalue weighted by molar-refractivity contribution is 9.10. The van der Waals surface area contributed by atoms with Gasteiger partial charge in [-0.3, -0.25) is 4.90 Å². The Bertz CT molecular complexity index is 472. The molecule has 1 heterocycles. The second-order valence-electron chi connectivity index (χ2n) is 5.79. The van der Waals surface area contributed by atoms with Crippen LogP contribution < -0.4 is 15.2 Å². The van der Waals surface area contributed by atoms with E-state index in [0.717, 1.165) is 42.0 Å².